The smallest absolute Gasteiger partial charge is 0.213 e. The monoisotopic (exact) mass is 305 g/mol. The van der Waals surface area contributed by atoms with Crippen LogP contribution in [0.1, 0.15) is 47.8 Å². The molecule has 3 rings (SSSR count). The Labute approximate surface area is 139 Å². The molecule has 118 valence electrons. The van der Waals surface area contributed by atoms with Crippen LogP contribution in [-0.4, -0.2) is 0 Å². The summed E-state index contributed by atoms with van der Waals surface area (Å²) < 4.78 is 6.03. The van der Waals surface area contributed by atoms with E-state index in [0.717, 1.165) is 11.5 Å². The van der Waals surface area contributed by atoms with E-state index in [-0.39, 0.29) is 0 Å². The summed E-state index contributed by atoms with van der Waals surface area (Å²) in [6, 6.07) is 13.3. The van der Waals surface area contributed by atoms with E-state index in [1.165, 1.54) is 38.9 Å². The van der Waals surface area contributed by atoms with Gasteiger partial charge in [-0.25, -0.2) is 4.42 Å². The summed E-state index contributed by atoms with van der Waals surface area (Å²) >= 11 is 0. The average molecular weight is 305 g/mol. The zero-order valence-corrected chi connectivity index (χ0v) is 14.9. The van der Waals surface area contributed by atoms with Crippen LogP contribution in [0.4, 0.5) is 0 Å². The van der Waals surface area contributed by atoms with Gasteiger partial charge in [-0.15, -0.1) is 0 Å². The molecule has 0 N–H and O–H groups in total. The van der Waals surface area contributed by atoms with Gasteiger partial charge in [-0.05, 0) is 60.6 Å². The second-order valence-electron chi connectivity index (χ2n) is 6.95. The zero-order valence-electron chi connectivity index (χ0n) is 14.9. The molecular weight excluding hydrogens is 280 g/mol. The Morgan fingerprint density at radius 2 is 1.52 bits per heavy atom. The molecule has 0 atom stereocenters. The van der Waals surface area contributed by atoms with Gasteiger partial charge in [-0.1, -0.05) is 32.0 Å². The molecule has 0 aromatic carbocycles. The maximum absolute atomic E-state index is 6.03. The third-order valence-electron chi connectivity index (χ3n) is 4.55. The van der Waals surface area contributed by atoms with Gasteiger partial charge in [0.15, 0.2) is 0 Å². The third kappa shape index (κ3) is 2.88. The molecular formula is C22H25O+. The van der Waals surface area contributed by atoms with Gasteiger partial charge in [0.05, 0.1) is 12.5 Å². The van der Waals surface area contributed by atoms with Crippen LogP contribution in [0, 0.1) is 27.7 Å². The number of fused-ring (bicyclic) bond motifs is 1. The highest BCUT2D eigenvalue weighted by Gasteiger charge is 2.24. The maximum Gasteiger partial charge on any atom is 0.361 e. The SMILES string of the molecule is Cc1cc(C)[o+]c(-c2cc(C)c3cc(C(C)C)ccc(C)c2-3)c1. The molecule has 0 amide bonds. The van der Waals surface area contributed by atoms with Crippen LogP contribution in [0.3, 0.4) is 0 Å². The number of rotatable bonds is 2. The fourth-order valence-electron chi connectivity index (χ4n) is 3.33. The first kappa shape index (κ1) is 15.7. The van der Waals surface area contributed by atoms with Crippen molar-refractivity contribution < 1.29 is 4.42 Å². The van der Waals surface area contributed by atoms with Crippen molar-refractivity contribution in [2.45, 2.75) is 47.5 Å². The van der Waals surface area contributed by atoms with Gasteiger partial charge in [-0.2, -0.15) is 0 Å². The minimum absolute atomic E-state index is 0.522. The average Bonchev–Trinajstić information content (AvgIpc) is 2.67. The highest BCUT2D eigenvalue weighted by atomic mass is 16.3. The number of aryl methyl sites for hydroxylation is 4. The highest BCUT2D eigenvalue weighted by Crippen LogP contribution is 2.41. The van der Waals surface area contributed by atoms with E-state index in [9.17, 15) is 0 Å². The Kier molecular flexibility index (Phi) is 3.97. The van der Waals surface area contributed by atoms with E-state index in [1.54, 1.807) is 0 Å². The molecule has 23 heavy (non-hydrogen) atoms. The molecule has 1 heteroatoms. The summed E-state index contributed by atoms with van der Waals surface area (Å²) in [7, 11) is 0. The second kappa shape index (κ2) is 5.81. The molecule has 2 aliphatic carbocycles. The fraction of sp³-hybridized carbons (Fsp3) is 0.318. The Bertz CT molecular complexity index is 823. The van der Waals surface area contributed by atoms with Gasteiger partial charge in [0.2, 0.25) is 0 Å². The zero-order chi connectivity index (χ0) is 16.7. The second-order valence-corrected chi connectivity index (χ2v) is 6.95. The van der Waals surface area contributed by atoms with Crippen molar-refractivity contribution in [2.24, 2.45) is 0 Å². The minimum atomic E-state index is 0.522. The van der Waals surface area contributed by atoms with Crippen molar-refractivity contribution in [3.05, 3.63) is 64.4 Å². The summed E-state index contributed by atoms with van der Waals surface area (Å²) in [5, 5.41) is 0. The summed E-state index contributed by atoms with van der Waals surface area (Å²) in [4.78, 5) is 0. The Morgan fingerprint density at radius 3 is 2.17 bits per heavy atom. The van der Waals surface area contributed by atoms with Crippen molar-refractivity contribution in [1.29, 1.82) is 0 Å². The van der Waals surface area contributed by atoms with Crippen molar-refractivity contribution in [2.75, 3.05) is 0 Å². The molecule has 0 unspecified atom stereocenters. The van der Waals surface area contributed by atoms with Crippen LogP contribution >= 0.6 is 0 Å². The maximum atomic E-state index is 6.03. The molecule has 0 radical (unpaired) electrons. The molecule has 0 saturated heterocycles. The van der Waals surface area contributed by atoms with E-state index in [0.29, 0.717) is 5.92 Å². The van der Waals surface area contributed by atoms with Gasteiger partial charge >= 0.3 is 11.5 Å². The molecule has 0 fully saturated rings. The van der Waals surface area contributed by atoms with Crippen LogP contribution in [-0.2, 0) is 0 Å². The van der Waals surface area contributed by atoms with Gasteiger partial charge in [0.25, 0.3) is 0 Å². The molecule has 0 saturated carbocycles. The Morgan fingerprint density at radius 1 is 0.783 bits per heavy atom. The van der Waals surface area contributed by atoms with Crippen LogP contribution in [0.15, 0.2) is 40.8 Å². The van der Waals surface area contributed by atoms with Crippen molar-refractivity contribution in [3.8, 4) is 22.5 Å². The summed E-state index contributed by atoms with van der Waals surface area (Å²) in [5.74, 6) is 2.43. The number of hydrogen-bond acceptors (Lipinski definition) is 0. The lowest BCUT2D eigenvalue weighted by molar-refractivity contribution is 0.530. The molecule has 1 aromatic rings. The number of hydrogen-bond donors (Lipinski definition) is 0. The van der Waals surface area contributed by atoms with Crippen LogP contribution < -0.4 is 0 Å². The van der Waals surface area contributed by atoms with Gasteiger partial charge in [0, 0.05) is 17.7 Å². The fourth-order valence-corrected chi connectivity index (χ4v) is 3.33. The summed E-state index contributed by atoms with van der Waals surface area (Å²) in [5.41, 5.74) is 9.06. The van der Waals surface area contributed by atoms with Crippen LogP contribution in [0.25, 0.3) is 22.5 Å². The predicted molar refractivity (Wildman–Crippen MR) is 98.2 cm³/mol. The molecule has 1 heterocycles. The predicted octanol–water partition coefficient (Wildman–Crippen LogP) is 6.69. The molecule has 1 aromatic heterocycles. The topological polar surface area (TPSA) is 11.3 Å². The first-order chi connectivity index (χ1) is 10.9. The van der Waals surface area contributed by atoms with E-state index < -0.39 is 0 Å². The quantitative estimate of drug-likeness (QED) is 0.480. The van der Waals surface area contributed by atoms with Gasteiger partial charge < -0.3 is 0 Å². The summed E-state index contributed by atoms with van der Waals surface area (Å²) in [6.07, 6.45) is 0. The van der Waals surface area contributed by atoms with Crippen molar-refractivity contribution in [1.82, 2.24) is 0 Å². The Hall–Kier alpha value is -2.15. The third-order valence-corrected chi connectivity index (χ3v) is 4.55. The normalized spacial score (nSPS) is 11.4. The van der Waals surface area contributed by atoms with E-state index in [1.807, 2.05) is 6.92 Å². The molecule has 0 aliphatic heterocycles. The van der Waals surface area contributed by atoms with E-state index in [4.69, 9.17) is 4.42 Å². The van der Waals surface area contributed by atoms with E-state index >= 15 is 0 Å². The molecule has 2 aliphatic rings. The lowest BCUT2D eigenvalue weighted by Crippen LogP contribution is -1.85. The highest BCUT2D eigenvalue weighted by molar-refractivity contribution is 5.89. The minimum Gasteiger partial charge on any atom is -0.213 e. The molecule has 0 spiro atoms. The van der Waals surface area contributed by atoms with Gasteiger partial charge in [-0.3, -0.25) is 0 Å². The largest absolute Gasteiger partial charge is 0.361 e. The van der Waals surface area contributed by atoms with Gasteiger partial charge in [0.1, 0.15) is 0 Å². The lowest BCUT2D eigenvalue weighted by Gasteiger charge is -2.04. The van der Waals surface area contributed by atoms with Crippen molar-refractivity contribution in [3.63, 3.8) is 0 Å². The standard InChI is InChI=1S/C22H25O/c1-13(2)18-8-7-15(4)22-19(12-18)16(5)11-20(22)21-10-14(3)9-17(6)23-21/h7-13H,1-6H3/q+1. The van der Waals surface area contributed by atoms with Crippen molar-refractivity contribution >= 4 is 0 Å². The molecule has 0 bridgehead atoms. The Balaban J connectivity index is 2.30. The van der Waals surface area contributed by atoms with Crippen LogP contribution in [0.5, 0.6) is 0 Å². The first-order valence-corrected chi connectivity index (χ1v) is 8.32. The summed E-state index contributed by atoms with van der Waals surface area (Å²) in [6.45, 7) is 13.0. The van der Waals surface area contributed by atoms with Crippen LogP contribution in [0.2, 0.25) is 0 Å². The lowest BCUT2D eigenvalue weighted by atomic mass is 9.99. The van der Waals surface area contributed by atoms with E-state index in [2.05, 4.69) is 71.0 Å². The first-order valence-electron chi connectivity index (χ1n) is 8.32. The molecule has 1 nitrogen and oxygen atoms in total.